The van der Waals surface area contributed by atoms with Crippen molar-refractivity contribution in [1.82, 2.24) is 15.5 Å². The van der Waals surface area contributed by atoms with Gasteiger partial charge in [-0.25, -0.2) is 4.79 Å². The molecule has 0 bridgehead atoms. The molecule has 108 valence electrons. The first-order valence-corrected chi connectivity index (χ1v) is 6.79. The van der Waals surface area contributed by atoms with E-state index < -0.39 is 5.97 Å². The number of benzene rings is 1. The molecular weight excluding hydrogens is 270 g/mol. The van der Waals surface area contributed by atoms with Crippen molar-refractivity contribution in [2.45, 2.75) is 25.3 Å². The monoisotopic (exact) mass is 285 g/mol. The van der Waals surface area contributed by atoms with Crippen LogP contribution in [0, 0.1) is 0 Å². The summed E-state index contributed by atoms with van der Waals surface area (Å²) >= 11 is 0. The number of aromatic amines is 1. The molecule has 6 nitrogen and oxygen atoms in total. The van der Waals surface area contributed by atoms with Crippen LogP contribution in [-0.4, -0.2) is 33.2 Å². The maximum absolute atomic E-state index is 12.2. The Hall–Kier alpha value is -2.63. The minimum atomic E-state index is -1.04. The summed E-state index contributed by atoms with van der Waals surface area (Å²) in [5.74, 6) is -1.28. The smallest absolute Gasteiger partial charge is 0.335 e. The van der Waals surface area contributed by atoms with E-state index in [9.17, 15) is 9.59 Å². The summed E-state index contributed by atoms with van der Waals surface area (Å²) in [6.45, 7) is 0. The molecule has 1 aliphatic carbocycles. The molecule has 3 N–H and O–H groups in total. The Balaban J connectivity index is 1.70. The molecule has 0 radical (unpaired) electrons. The van der Waals surface area contributed by atoms with E-state index in [2.05, 4.69) is 15.5 Å². The van der Waals surface area contributed by atoms with Crippen LogP contribution in [-0.2, 0) is 12.8 Å². The summed E-state index contributed by atoms with van der Waals surface area (Å²) in [5.41, 5.74) is 2.75. The number of carbonyl (C=O) groups is 2. The number of rotatable bonds is 3. The molecule has 6 heteroatoms. The molecule has 1 aromatic carbocycles. The first-order chi connectivity index (χ1) is 10.1. The molecule has 1 amide bonds. The second kappa shape index (κ2) is 5.40. The lowest BCUT2D eigenvalue weighted by Crippen LogP contribution is -2.38. The highest BCUT2D eigenvalue weighted by Gasteiger charge is 2.22. The van der Waals surface area contributed by atoms with Gasteiger partial charge in [-0.3, -0.25) is 9.89 Å². The average Bonchev–Trinajstić information content (AvgIpc) is 2.95. The number of nitrogens with zero attached hydrogens (tertiary/aromatic N) is 1. The number of aromatic nitrogens is 2. The van der Waals surface area contributed by atoms with Crippen molar-refractivity contribution in [3.8, 4) is 0 Å². The zero-order valence-corrected chi connectivity index (χ0v) is 11.3. The molecule has 1 unspecified atom stereocenters. The summed E-state index contributed by atoms with van der Waals surface area (Å²) in [7, 11) is 0. The summed E-state index contributed by atoms with van der Waals surface area (Å²) < 4.78 is 0. The molecule has 0 saturated carbocycles. The Labute approximate surface area is 121 Å². The number of carbonyl (C=O) groups excluding carboxylic acids is 1. The van der Waals surface area contributed by atoms with Crippen LogP contribution in [0.5, 0.6) is 0 Å². The third-order valence-corrected chi connectivity index (χ3v) is 3.72. The molecule has 3 rings (SSSR count). The standard InChI is InChI=1S/C15H15N3O3/c19-14(9-2-1-3-10(6-9)15(20)21)17-12-4-5-13-11(7-12)8-16-18-13/h1-3,6,8,12H,4-5,7H2,(H,16,18)(H,17,19)(H,20,21). The number of aryl methyl sites for hydroxylation is 1. The van der Waals surface area contributed by atoms with Gasteiger partial charge in [0.1, 0.15) is 0 Å². The third-order valence-electron chi connectivity index (χ3n) is 3.72. The lowest BCUT2D eigenvalue weighted by molar-refractivity contribution is 0.0697. The average molecular weight is 285 g/mol. The van der Waals surface area contributed by atoms with Crippen LogP contribution < -0.4 is 5.32 Å². The van der Waals surface area contributed by atoms with Crippen molar-refractivity contribution < 1.29 is 14.7 Å². The van der Waals surface area contributed by atoms with E-state index in [-0.39, 0.29) is 17.5 Å². The first-order valence-electron chi connectivity index (χ1n) is 6.79. The van der Waals surface area contributed by atoms with Gasteiger partial charge in [0.05, 0.1) is 11.8 Å². The summed E-state index contributed by atoms with van der Waals surface area (Å²) in [6, 6.07) is 6.11. The van der Waals surface area contributed by atoms with Crippen LogP contribution in [0.4, 0.5) is 0 Å². The number of aromatic carboxylic acids is 1. The Kier molecular flexibility index (Phi) is 3.43. The molecule has 0 aliphatic heterocycles. The molecule has 1 heterocycles. The molecule has 1 aliphatic rings. The van der Waals surface area contributed by atoms with E-state index in [0.29, 0.717) is 5.56 Å². The van der Waals surface area contributed by atoms with Crippen molar-refractivity contribution in [2.24, 2.45) is 0 Å². The zero-order valence-electron chi connectivity index (χ0n) is 11.3. The topological polar surface area (TPSA) is 95.1 Å². The Morgan fingerprint density at radius 3 is 2.95 bits per heavy atom. The van der Waals surface area contributed by atoms with Gasteiger partial charge in [0.15, 0.2) is 0 Å². The SMILES string of the molecule is O=C(O)c1cccc(C(=O)NC2CCc3[nH]ncc3C2)c1. The van der Waals surface area contributed by atoms with Crippen LogP contribution in [0.2, 0.25) is 0 Å². The van der Waals surface area contributed by atoms with E-state index in [1.807, 2.05) is 0 Å². The minimum absolute atomic E-state index is 0.0519. The molecule has 1 atom stereocenters. The Bertz CT molecular complexity index is 693. The Morgan fingerprint density at radius 1 is 1.33 bits per heavy atom. The zero-order chi connectivity index (χ0) is 14.8. The van der Waals surface area contributed by atoms with Crippen molar-refractivity contribution in [1.29, 1.82) is 0 Å². The highest BCUT2D eigenvalue weighted by atomic mass is 16.4. The van der Waals surface area contributed by atoms with Crippen LogP contribution in [0.3, 0.4) is 0 Å². The van der Waals surface area contributed by atoms with Gasteiger partial charge >= 0.3 is 5.97 Å². The van der Waals surface area contributed by atoms with Crippen LogP contribution in [0.25, 0.3) is 0 Å². The molecule has 0 spiro atoms. The van der Waals surface area contributed by atoms with Gasteiger partial charge in [-0.05, 0) is 43.0 Å². The molecule has 1 aromatic heterocycles. The Morgan fingerprint density at radius 2 is 2.14 bits per heavy atom. The molecule has 21 heavy (non-hydrogen) atoms. The lowest BCUT2D eigenvalue weighted by atomic mass is 9.93. The number of hydrogen-bond acceptors (Lipinski definition) is 3. The van der Waals surface area contributed by atoms with Crippen LogP contribution >= 0.6 is 0 Å². The predicted octanol–water partition coefficient (Wildman–Crippen LogP) is 1.40. The van der Waals surface area contributed by atoms with Gasteiger partial charge in [-0.15, -0.1) is 0 Å². The number of carboxylic acid groups (broad SMARTS) is 1. The summed E-state index contributed by atoms with van der Waals surface area (Å²) in [5, 5.41) is 18.9. The fourth-order valence-corrected chi connectivity index (χ4v) is 2.60. The van der Waals surface area contributed by atoms with Gasteiger partial charge in [-0.2, -0.15) is 5.10 Å². The van der Waals surface area contributed by atoms with Crippen molar-refractivity contribution in [3.63, 3.8) is 0 Å². The van der Waals surface area contributed by atoms with Crippen LogP contribution in [0.15, 0.2) is 30.5 Å². The number of hydrogen-bond donors (Lipinski definition) is 3. The van der Waals surface area contributed by atoms with Crippen LogP contribution in [0.1, 0.15) is 38.4 Å². The highest BCUT2D eigenvalue weighted by molar-refractivity contribution is 5.97. The minimum Gasteiger partial charge on any atom is -0.478 e. The van der Waals surface area contributed by atoms with E-state index in [0.717, 1.165) is 30.5 Å². The summed E-state index contributed by atoms with van der Waals surface area (Å²) in [6.07, 6.45) is 4.24. The lowest BCUT2D eigenvalue weighted by Gasteiger charge is -2.22. The fraction of sp³-hybridized carbons (Fsp3) is 0.267. The van der Waals surface area contributed by atoms with E-state index in [1.54, 1.807) is 18.3 Å². The van der Waals surface area contributed by atoms with Gasteiger partial charge in [0.2, 0.25) is 0 Å². The van der Waals surface area contributed by atoms with Crippen molar-refractivity contribution in [3.05, 3.63) is 52.8 Å². The number of H-pyrrole nitrogens is 1. The third kappa shape index (κ3) is 2.79. The van der Waals surface area contributed by atoms with E-state index >= 15 is 0 Å². The predicted molar refractivity (Wildman–Crippen MR) is 75.3 cm³/mol. The number of fused-ring (bicyclic) bond motifs is 1. The van der Waals surface area contributed by atoms with Gasteiger partial charge < -0.3 is 10.4 Å². The van der Waals surface area contributed by atoms with Gasteiger partial charge in [0.25, 0.3) is 5.91 Å². The maximum atomic E-state index is 12.2. The number of amides is 1. The second-order valence-corrected chi connectivity index (χ2v) is 5.17. The van der Waals surface area contributed by atoms with E-state index in [1.165, 1.54) is 12.1 Å². The fourth-order valence-electron chi connectivity index (χ4n) is 2.60. The highest BCUT2D eigenvalue weighted by Crippen LogP contribution is 2.19. The number of carboxylic acids is 1. The maximum Gasteiger partial charge on any atom is 0.335 e. The number of nitrogens with one attached hydrogen (secondary N) is 2. The largest absolute Gasteiger partial charge is 0.478 e. The normalized spacial score (nSPS) is 17.0. The molecule has 0 fully saturated rings. The molecule has 2 aromatic rings. The van der Waals surface area contributed by atoms with Crippen molar-refractivity contribution >= 4 is 11.9 Å². The molecular formula is C15H15N3O3. The first kappa shape index (κ1) is 13.4. The van der Waals surface area contributed by atoms with Crippen molar-refractivity contribution in [2.75, 3.05) is 0 Å². The van der Waals surface area contributed by atoms with Gasteiger partial charge in [-0.1, -0.05) is 6.07 Å². The summed E-state index contributed by atoms with van der Waals surface area (Å²) in [4.78, 5) is 23.1. The van der Waals surface area contributed by atoms with Gasteiger partial charge in [0, 0.05) is 17.3 Å². The quantitative estimate of drug-likeness (QED) is 0.794. The second-order valence-electron chi connectivity index (χ2n) is 5.17. The molecule has 0 saturated heterocycles. The van der Waals surface area contributed by atoms with E-state index in [4.69, 9.17) is 5.11 Å².